The molecule has 2 aromatic rings. The van der Waals surface area contributed by atoms with Crippen molar-refractivity contribution in [2.75, 3.05) is 39.0 Å². The van der Waals surface area contributed by atoms with Crippen molar-refractivity contribution in [1.29, 1.82) is 0 Å². The number of carboxylic acids is 1. The number of hydrogen-bond acceptors (Lipinski definition) is 6. The monoisotopic (exact) mass is 498 g/mol. The molecular formula is C26H34N4O4S. The number of aliphatic carboxylic acids is 1. The van der Waals surface area contributed by atoms with Crippen LogP contribution in [0.4, 0.5) is 0 Å². The molecule has 0 aromatic heterocycles. The van der Waals surface area contributed by atoms with Crippen LogP contribution in [-0.2, 0) is 14.4 Å². The minimum absolute atomic E-state index is 0.105. The molecule has 0 bridgehead atoms. The van der Waals surface area contributed by atoms with E-state index >= 15 is 0 Å². The lowest BCUT2D eigenvalue weighted by Crippen LogP contribution is -2.47. The van der Waals surface area contributed by atoms with E-state index in [0.29, 0.717) is 12.1 Å². The Balaban J connectivity index is 1.45. The summed E-state index contributed by atoms with van der Waals surface area (Å²) in [5, 5.41) is 16.3. The number of piperidine rings is 1. The Morgan fingerprint density at radius 2 is 1.83 bits per heavy atom. The van der Waals surface area contributed by atoms with Gasteiger partial charge in [-0.3, -0.25) is 14.5 Å². The normalized spacial score (nSPS) is 16.0. The van der Waals surface area contributed by atoms with E-state index in [1.165, 1.54) is 22.4 Å². The van der Waals surface area contributed by atoms with Gasteiger partial charge in [0.05, 0.1) is 13.1 Å². The van der Waals surface area contributed by atoms with Gasteiger partial charge in [0.1, 0.15) is 0 Å². The van der Waals surface area contributed by atoms with Crippen molar-refractivity contribution >= 4 is 40.5 Å². The van der Waals surface area contributed by atoms with Crippen molar-refractivity contribution < 1.29 is 19.5 Å². The maximum absolute atomic E-state index is 12.4. The maximum atomic E-state index is 12.4. The van der Waals surface area contributed by atoms with Gasteiger partial charge in [-0.2, -0.15) is 0 Å². The fraction of sp³-hybridized carbons (Fsp3) is 0.423. The summed E-state index contributed by atoms with van der Waals surface area (Å²) >= 11 is 1.56. The zero-order valence-electron chi connectivity index (χ0n) is 20.3. The van der Waals surface area contributed by atoms with Gasteiger partial charge in [-0.15, -0.1) is 0 Å². The van der Waals surface area contributed by atoms with E-state index in [2.05, 4.69) is 69.2 Å². The first kappa shape index (κ1) is 26.7. The van der Waals surface area contributed by atoms with E-state index in [1.807, 2.05) is 6.26 Å². The number of nitrogens with zero attached hydrogens (tertiary/aromatic N) is 2. The lowest BCUT2D eigenvalue weighted by atomic mass is 9.96. The first-order chi connectivity index (χ1) is 16.9. The van der Waals surface area contributed by atoms with Gasteiger partial charge in [0.25, 0.3) is 0 Å². The van der Waals surface area contributed by atoms with Crippen LogP contribution in [0.5, 0.6) is 0 Å². The Bertz CT molecular complexity index is 1050. The molecule has 9 heteroatoms. The van der Waals surface area contributed by atoms with Crippen LogP contribution < -0.4 is 10.6 Å². The first-order valence-corrected chi connectivity index (χ1v) is 13.0. The predicted octanol–water partition coefficient (Wildman–Crippen LogP) is 2.82. The summed E-state index contributed by atoms with van der Waals surface area (Å²) in [5.41, 5.74) is 1.35. The SMILES string of the molecule is CSN(CC(=O)NCC(=O)NC/C=C/C(=O)O)C1CCN(C(C)c2cccc3ccccc23)CC1. The highest BCUT2D eigenvalue weighted by molar-refractivity contribution is 7.96. The third kappa shape index (κ3) is 7.81. The number of fused-ring (bicyclic) bond motifs is 1. The van der Waals surface area contributed by atoms with Crippen molar-refractivity contribution in [3.8, 4) is 0 Å². The van der Waals surface area contributed by atoms with Gasteiger partial charge in [-0.25, -0.2) is 9.10 Å². The molecule has 0 spiro atoms. The summed E-state index contributed by atoms with van der Waals surface area (Å²) in [4.78, 5) is 37.2. The predicted molar refractivity (Wildman–Crippen MR) is 140 cm³/mol. The van der Waals surface area contributed by atoms with Gasteiger partial charge in [-0.05, 0) is 42.4 Å². The summed E-state index contributed by atoms with van der Waals surface area (Å²) in [6.07, 6.45) is 6.22. The molecule has 1 saturated heterocycles. The van der Waals surface area contributed by atoms with E-state index in [-0.39, 0.29) is 31.4 Å². The van der Waals surface area contributed by atoms with E-state index in [9.17, 15) is 14.4 Å². The third-order valence-electron chi connectivity index (χ3n) is 6.39. The molecule has 188 valence electrons. The van der Waals surface area contributed by atoms with Crippen molar-refractivity contribution in [3.63, 3.8) is 0 Å². The fourth-order valence-electron chi connectivity index (χ4n) is 4.49. The van der Waals surface area contributed by atoms with Gasteiger partial charge in [-0.1, -0.05) is 60.5 Å². The average Bonchev–Trinajstić information content (AvgIpc) is 2.87. The second-order valence-corrected chi connectivity index (χ2v) is 9.42. The lowest BCUT2D eigenvalue weighted by Gasteiger charge is -2.40. The highest BCUT2D eigenvalue weighted by Crippen LogP contribution is 2.31. The summed E-state index contributed by atoms with van der Waals surface area (Å²) in [6, 6.07) is 15.6. The van der Waals surface area contributed by atoms with Crippen LogP contribution in [0.25, 0.3) is 10.8 Å². The topological polar surface area (TPSA) is 102 Å². The molecule has 3 rings (SSSR count). The van der Waals surface area contributed by atoms with Crippen molar-refractivity contribution in [1.82, 2.24) is 19.8 Å². The Morgan fingerprint density at radius 3 is 2.54 bits per heavy atom. The van der Waals surface area contributed by atoms with Crippen LogP contribution in [0.3, 0.4) is 0 Å². The van der Waals surface area contributed by atoms with Gasteiger partial charge >= 0.3 is 5.97 Å². The Kier molecular flexibility index (Phi) is 10.1. The number of likely N-dealkylation sites (tertiary alicyclic amines) is 1. The summed E-state index contributed by atoms with van der Waals surface area (Å²) in [6.45, 7) is 4.37. The average molecular weight is 499 g/mol. The third-order valence-corrected chi connectivity index (χ3v) is 7.28. The summed E-state index contributed by atoms with van der Waals surface area (Å²) < 4.78 is 2.10. The van der Waals surface area contributed by atoms with Crippen LogP contribution in [-0.4, -0.2) is 77.1 Å². The molecule has 0 aliphatic carbocycles. The quantitative estimate of drug-likeness (QED) is 0.323. The first-order valence-electron chi connectivity index (χ1n) is 11.8. The molecule has 1 fully saturated rings. The molecule has 2 amide bonds. The second kappa shape index (κ2) is 13.3. The van der Waals surface area contributed by atoms with E-state index in [4.69, 9.17) is 5.11 Å². The summed E-state index contributed by atoms with van der Waals surface area (Å²) in [5.74, 6) is -1.64. The molecule has 1 heterocycles. The van der Waals surface area contributed by atoms with Crippen molar-refractivity contribution in [2.24, 2.45) is 0 Å². The number of carbonyl (C=O) groups is 3. The van der Waals surface area contributed by atoms with Crippen LogP contribution >= 0.6 is 11.9 Å². The number of nitrogens with one attached hydrogen (secondary N) is 2. The number of hydrogen-bond donors (Lipinski definition) is 3. The zero-order valence-corrected chi connectivity index (χ0v) is 21.1. The van der Waals surface area contributed by atoms with E-state index < -0.39 is 5.97 Å². The highest BCUT2D eigenvalue weighted by atomic mass is 32.2. The minimum Gasteiger partial charge on any atom is -0.478 e. The van der Waals surface area contributed by atoms with Gasteiger partial charge in [0, 0.05) is 37.8 Å². The minimum atomic E-state index is -1.07. The lowest BCUT2D eigenvalue weighted by molar-refractivity contribution is -0.131. The van der Waals surface area contributed by atoms with Gasteiger partial charge in [0.15, 0.2) is 0 Å². The Hall–Kier alpha value is -2.88. The van der Waals surface area contributed by atoms with Gasteiger partial charge in [0.2, 0.25) is 11.8 Å². The van der Waals surface area contributed by atoms with Crippen molar-refractivity contribution in [3.05, 3.63) is 60.2 Å². The van der Waals surface area contributed by atoms with Crippen LogP contribution in [0, 0.1) is 0 Å². The Labute approximate surface area is 210 Å². The molecule has 0 radical (unpaired) electrons. The zero-order chi connectivity index (χ0) is 25.2. The second-order valence-electron chi connectivity index (χ2n) is 8.59. The van der Waals surface area contributed by atoms with E-state index in [1.54, 1.807) is 11.9 Å². The number of benzene rings is 2. The van der Waals surface area contributed by atoms with Crippen LogP contribution in [0.1, 0.15) is 31.4 Å². The molecule has 1 aliphatic heterocycles. The largest absolute Gasteiger partial charge is 0.478 e. The Morgan fingerprint density at radius 1 is 1.11 bits per heavy atom. The molecule has 0 saturated carbocycles. The number of amides is 2. The molecule has 35 heavy (non-hydrogen) atoms. The summed E-state index contributed by atoms with van der Waals surface area (Å²) in [7, 11) is 0. The highest BCUT2D eigenvalue weighted by Gasteiger charge is 2.28. The molecule has 2 aromatic carbocycles. The molecule has 1 unspecified atom stereocenters. The van der Waals surface area contributed by atoms with Crippen LogP contribution in [0.2, 0.25) is 0 Å². The molecule has 1 aliphatic rings. The van der Waals surface area contributed by atoms with Crippen LogP contribution in [0.15, 0.2) is 54.6 Å². The fourth-order valence-corrected chi connectivity index (χ4v) is 5.24. The van der Waals surface area contributed by atoms with E-state index in [0.717, 1.165) is 32.0 Å². The number of carbonyl (C=O) groups excluding carboxylic acids is 2. The number of carboxylic acid groups (broad SMARTS) is 1. The molecule has 1 atom stereocenters. The molecular weight excluding hydrogens is 464 g/mol. The smallest absolute Gasteiger partial charge is 0.328 e. The molecule has 3 N–H and O–H groups in total. The van der Waals surface area contributed by atoms with Gasteiger partial charge < -0.3 is 15.7 Å². The standard InChI is InChI=1S/C26H34N4O4S/c1-19(22-10-5-8-20-7-3-4-9-23(20)22)29-15-12-21(13-16-29)30(35-2)18-25(32)28-17-24(31)27-14-6-11-26(33)34/h3-11,19,21H,12-18H2,1-2H3,(H,27,31)(H,28,32)(H,33,34)/b11-6+. The molecule has 8 nitrogen and oxygen atoms in total. The van der Waals surface area contributed by atoms with Crippen molar-refractivity contribution in [2.45, 2.75) is 31.8 Å². The maximum Gasteiger partial charge on any atom is 0.328 e. The number of rotatable bonds is 11.